The summed E-state index contributed by atoms with van der Waals surface area (Å²) in [5.74, 6) is 0.274. The molecule has 1 amide bonds. The summed E-state index contributed by atoms with van der Waals surface area (Å²) in [6.07, 6.45) is 4.65. The minimum Gasteiger partial charge on any atom is -0.381 e. The van der Waals surface area contributed by atoms with E-state index < -0.39 is 0 Å². The van der Waals surface area contributed by atoms with Gasteiger partial charge in [-0.3, -0.25) is 9.78 Å². The van der Waals surface area contributed by atoms with Crippen LogP contribution in [0.15, 0.2) is 60.8 Å². The van der Waals surface area contributed by atoms with Gasteiger partial charge in [-0.2, -0.15) is 0 Å². The van der Waals surface area contributed by atoms with Crippen LogP contribution in [0.25, 0.3) is 10.9 Å². The van der Waals surface area contributed by atoms with E-state index in [2.05, 4.69) is 52.8 Å². The maximum atomic E-state index is 12.0. The van der Waals surface area contributed by atoms with Gasteiger partial charge in [-0.05, 0) is 42.2 Å². The molecular formula is C22H23N3O. The van der Waals surface area contributed by atoms with Crippen molar-refractivity contribution in [3.63, 3.8) is 0 Å². The predicted molar refractivity (Wildman–Crippen MR) is 105 cm³/mol. The molecule has 0 radical (unpaired) electrons. The van der Waals surface area contributed by atoms with Gasteiger partial charge in [-0.25, -0.2) is 0 Å². The van der Waals surface area contributed by atoms with Crippen LogP contribution in [0.5, 0.6) is 0 Å². The number of carbonyl (C=O) groups is 1. The van der Waals surface area contributed by atoms with E-state index in [1.807, 2.05) is 23.2 Å². The molecule has 1 aromatic heterocycles. The van der Waals surface area contributed by atoms with Crippen LogP contribution >= 0.6 is 0 Å². The van der Waals surface area contributed by atoms with E-state index in [0.29, 0.717) is 13.0 Å². The van der Waals surface area contributed by atoms with E-state index in [9.17, 15) is 4.79 Å². The number of amides is 1. The van der Waals surface area contributed by atoms with Crippen molar-refractivity contribution in [3.05, 3.63) is 71.9 Å². The van der Waals surface area contributed by atoms with E-state index in [1.54, 1.807) is 0 Å². The highest BCUT2D eigenvalue weighted by atomic mass is 16.2. The number of hydrogen-bond acceptors (Lipinski definition) is 3. The number of para-hydroxylation sites is 1. The number of likely N-dealkylation sites (tertiary alicyclic amines) is 1. The standard InChI is InChI=1S/C22H23N3O/c26-21-11-1-2-13-25(21)16-17-6-3-10-20(14-17)24-15-19-8-4-7-18-9-5-12-23-22(18)19/h3-10,12,14,24H,1-2,11,13,15-16H2. The first-order valence-corrected chi connectivity index (χ1v) is 9.23. The van der Waals surface area contributed by atoms with Gasteiger partial charge in [-0.1, -0.05) is 36.4 Å². The number of anilines is 1. The normalized spacial score (nSPS) is 14.6. The van der Waals surface area contributed by atoms with Crippen molar-refractivity contribution in [1.82, 2.24) is 9.88 Å². The van der Waals surface area contributed by atoms with Crippen molar-refractivity contribution in [2.45, 2.75) is 32.4 Å². The SMILES string of the molecule is O=C1CCCCN1Cc1cccc(NCc2cccc3cccnc23)c1. The summed E-state index contributed by atoms with van der Waals surface area (Å²) in [7, 11) is 0. The fourth-order valence-electron chi connectivity index (χ4n) is 3.54. The summed E-state index contributed by atoms with van der Waals surface area (Å²) in [4.78, 5) is 18.5. The van der Waals surface area contributed by atoms with Crippen LogP contribution in [0.2, 0.25) is 0 Å². The summed E-state index contributed by atoms with van der Waals surface area (Å²) in [5.41, 5.74) is 4.46. The number of aromatic nitrogens is 1. The number of carbonyl (C=O) groups excluding carboxylic acids is 1. The first-order valence-electron chi connectivity index (χ1n) is 9.23. The Morgan fingerprint density at radius 3 is 2.85 bits per heavy atom. The Kier molecular flexibility index (Phi) is 4.82. The average Bonchev–Trinajstić information content (AvgIpc) is 2.68. The molecule has 3 aromatic rings. The summed E-state index contributed by atoms with van der Waals surface area (Å²) >= 11 is 0. The second kappa shape index (κ2) is 7.56. The number of nitrogens with zero attached hydrogens (tertiary/aromatic N) is 2. The summed E-state index contributed by atoms with van der Waals surface area (Å²) < 4.78 is 0. The minimum absolute atomic E-state index is 0.274. The maximum absolute atomic E-state index is 12.0. The average molecular weight is 345 g/mol. The van der Waals surface area contributed by atoms with Gasteiger partial charge in [-0.15, -0.1) is 0 Å². The molecule has 0 bridgehead atoms. The zero-order valence-corrected chi connectivity index (χ0v) is 14.8. The van der Waals surface area contributed by atoms with Crippen LogP contribution in [0.3, 0.4) is 0 Å². The molecule has 2 heterocycles. The predicted octanol–water partition coefficient (Wildman–Crippen LogP) is 4.36. The molecule has 0 saturated carbocycles. The fourth-order valence-corrected chi connectivity index (χ4v) is 3.54. The zero-order chi connectivity index (χ0) is 17.8. The first-order chi connectivity index (χ1) is 12.8. The number of piperidine rings is 1. The Balaban J connectivity index is 1.46. The lowest BCUT2D eigenvalue weighted by atomic mass is 10.1. The van der Waals surface area contributed by atoms with Crippen LogP contribution in [0, 0.1) is 0 Å². The molecule has 0 aliphatic carbocycles. The maximum Gasteiger partial charge on any atom is 0.222 e. The first kappa shape index (κ1) is 16.6. The molecule has 1 aliphatic heterocycles. The van der Waals surface area contributed by atoms with Gasteiger partial charge in [0.25, 0.3) is 0 Å². The molecule has 0 unspecified atom stereocenters. The zero-order valence-electron chi connectivity index (χ0n) is 14.8. The fraction of sp³-hybridized carbons (Fsp3) is 0.273. The highest BCUT2D eigenvalue weighted by Gasteiger charge is 2.17. The van der Waals surface area contributed by atoms with Crippen LogP contribution < -0.4 is 5.32 Å². The molecule has 2 aromatic carbocycles. The van der Waals surface area contributed by atoms with Gasteiger partial charge in [0, 0.05) is 43.3 Å². The molecule has 1 aliphatic rings. The van der Waals surface area contributed by atoms with Crippen molar-refractivity contribution in [3.8, 4) is 0 Å². The van der Waals surface area contributed by atoms with Crippen molar-refractivity contribution < 1.29 is 4.79 Å². The van der Waals surface area contributed by atoms with Crippen molar-refractivity contribution in [2.75, 3.05) is 11.9 Å². The summed E-state index contributed by atoms with van der Waals surface area (Å²) in [6.45, 7) is 2.29. The Bertz CT molecular complexity index is 917. The Hall–Kier alpha value is -2.88. The van der Waals surface area contributed by atoms with E-state index >= 15 is 0 Å². The Morgan fingerprint density at radius 1 is 1.04 bits per heavy atom. The topological polar surface area (TPSA) is 45.2 Å². The molecule has 1 N–H and O–H groups in total. The van der Waals surface area contributed by atoms with Crippen LogP contribution in [0.1, 0.15) is 30.4 Å². The summed E-state index contributed by atoms with van der Waals surface area (Å²) in [6, 6.07) is 18.7. The third kappa shape index (κ3) is 3.69. The van der Waals surface area contributed by atoms with E-state index in [4.69, 9.17) is 0 Å². The van der Waals surface area contributed by atoms with Gasteiger partial charge in [0.15, 0.2) is 0 Å². The van der Waals surface area contributed by atoms with Crippen LogP contribution in [-0.4, -0.2) is 22.3 Å². The monoisotopic (exact) mass is 345 g/mol. The molecule has 1 saturated heterocycles. The Labute approximate surface area is 153 Å². The molecule has 132 valence electrons. The molecule has 0 spiro atoms. The van der Waals surface area contributed by atoms with Gasteiger partial charge in [0.05, 0.1) is 5.52 Å². The van der Waals surface area contributed by atoms with Gasteiger partial charge >= 0.3 is 0 Å². The van der Waals surface area contributed by atoms with Gasteiger partial charge < -0.3 is 10.2 Å². The number of nitrogens with one attached hydrogen (secondary N) is 1. The lowest BCUT2D eigenvalue weighted by molar-refractivity contribution is -0.133. The highest BCUT2D eigenvalue weighted by Crippen LogP contribution is 2.20. The number of hydrogen-bond donors (Lipinski definition) is 1. The van der Waals surface area contributed by atoms with Crippen molar-refractivity contribution >= 4 is 22.5 Å². The minimum atomic E-state index is 0.274. The quantitative estimate of drug-likeness (QED) is 0.747. The molecule has 4 rings (SSSR count). The molecule has 4 heteroatoms. The molecule has 1 fully saturated rings. The van der Waals surface area contributed by atoms with E-state index in [1.165, 1.54) is 11.1 Å². The highest BCUT2D eigenvalue weighted by molar-refractivity contribution is 5.81. The summed E-state index contributed by atoms with van der Waals surface area (Å²) in [5, 5.41) is 4.66. The van der Waals surface area contributed by atoms with Crippen molar-refractivity contribution in [1.29, 1.82) is 0 Å². The van der Waals surface area contributed by atoms with Gasteiger partial charge in [0.1, 0.15) is 0 Å². The largest absolute Gasteiger partial charge is 0.381 e. The molecule has 0 atom stereocenters. The smallest absolute Gasteiger partial charge is 0.222 e. The Morgan fingerprint density at radius 2 is 1.92 bits per heavy atom. The van der Waals surface area contributed by atoms with Crippen molar-refractivity contribution in [2.24, 2.45) is 0 Å². The van der Waals surface area contributed by atoms with E-state index in [-0.39, 0.29) is 5.91 Å². The third-order valence-electron chi connectivity index (χ3n) is 4.92. The van der Waals surface area contributed by atoms with Crippen LogP contribution in [-0.2, 0) is 17.9 Å². The van der Waals surface area contributed by atoms with Crippen LogP contribution in [0.4, 0.5) is 5.69 Å². The number of fused-ring (bicyclic) bond motifs is 1. The lowest BCUT2D eigenvalue weighted by Crippen LogP contribution is -2.34. The molecule has 26 heavy (non-hydrogen) atoms. The van der Waals surface area contributed by atoms with Gasteiger partial charge in [0.2, 0.25) is 5.91 Å². The number of pyridine rings is 1. The lowest BCUT2D eigenvalue weighted by Gasteiger charge is -2.27. The van der Waals surface area contributed by atoms with E-state index in [0.717, 1.165) is 42.5 Å². The third-order valence-corrected chi connectivity index (χ3v) is 4.92. The second-order valence-corrected chi connectivity index (χ2v) is 6.82. The number of rotatable bonds is 5. The molecular weight excluding hydrogens is 322 g/mol. The number of benzene rings is 2. The molecule has 4 nitrogen and oxygen atoms in total. The second-order valence-electron chi connectivity index (χ2n) is 6.82.